The summed E-state index contributed by atoms with van der Waals surface area (Å²) in [5, 5.41) is 10.6. The van der Waals surface area contributed by atoms with E-state index in [9.17, 15) is 14.7 Å². The number of hydrogen-bond acceptors (Lipinski definition) is 6. The van der Waals surface area contributed by atoms with Crippen molar-refractivity contribution in [3.05, 3.63) is 117 Å². The number of pyridine rings is 1. The predicted octanol–water partition coefficient (Wildman–Crippen LogP) is 5.82. The number of ether oxygens (including phenoxy) is 2. The van der Waals surface area contributed by atoms with Gasteiger partial charge in [0.25, 0.3) is 5.91 Å². The summed E-state index contributed by atoms with van der Waals surface area (Å²) in [5.74, 6) is 0.638. The molecule has 3 aromatic carbocycles. The van der Waals surface area contributed by atoms with Crippen LogP contribution in [0.5, 0.6) is 17.2 Å². The summed E-state index contributed by atoms with van der Waals surface area (Å²) in [6, 6.07) is 20.9. The molecule has 10 heteroatoms. The molecule has 0 saturated carbocycles. The van der Waals surface area contributed by atoms with E-state index < -0.39 is 5.54 Å². The number of carbonyl (C=O) groups is 2. The second-order valence-electron chi connectivity index (χ2n) is 10.4. The van der Waals surface area contributed by atoms with Crippen LogP contribution in [0.4, 0.5) is 0 Å². The summed E-state index contributed by atoms with van der Waals surface area (Å²) in [6.45, 7) is 0.911. The Hall–Kier alpha value is -4.27. The molecule has 0 bridgehead atoms. The van der Waals surface area contributed by atoms with Crippen LogP contribution in [-0.2, 0) is 24.2 Å². The van der Waals surface area contributed by atoms with Crippen molar-refractivity contribution in [3.63, 3.8) is 0 Å². The third-order valence-electron chi connectivity index (χ3n) is 7.68. The van der Waals surface area contributed by atoms with Crippen LogP contribution in [0, 0.1) is 0 Å². The fraction of sp³-hybridized carbons (Fsp3) is 0.242. The molecule has 1 aromatic heterocycles. The first-order chi connectivity index (χ1) is 20.7. The highest BCUT2D eigenvalue weighted by Gasteiger charge is 2.51. The van der Waals surface area contributed by atoms with Crippen LogP contribution in [0.3, 0.4) is 0 Å². The van der Waals surface area contributed by atoms with Crippen LogP contribution in [0.25, 0.3) is 0 Å². The quantitative estimate of drug-likeness (QED) is 0.254. The van der Waals surface area contributed by atoms with Crippen molar-refractivity contribution < 1.29 is 24.2 Å². The maximum atomic E-state index is 14.8. The molecule has 222 valence electrons. The number of methoxy groups -OCH3 is 2. The Morgan fingerprint density at radius 2 is 1.47 bits per heavy atom. The number of phenolic OH excluding ortho intramolecular Hbond substituents is 1. The van der Waals surface area contributed by atoms with Gasteiger partial charge in [-0.05, 0) is 65.2 Å². The Bertz CT molecular complexity index is 1560. The highest BCUT2D eigenvalue weighted by Crippen LogP contribution is 2.37. The number of benzene rings is 3. The van der Waals surface area contributed by atoms with E-state index in [1.54, 1.807) is 76.7 Å². The van der Waals surface area contributed by atoms with Crippen molar-refractivity contribution in [3.8, 4) is 17.2 Å². The van der Waals surface area contributed by atoms with Gasteiger partial charge in [0.15, 0.2) is 0 Å². The zero-order valence-electron chi connectivity index (χ0n) is 23.8. The molecule has 2 amide bonds. The topological polar surface area (TPSA) is 92.2 Å². The van der Waals surface area contributed by atoms with Gasteiger partial charge in [-0.15, -0.1) is 0 Å². The maximum Gasteiger partial charge on any atom is 0.256 e. The van der Waals surface area contributed by atoms with Crippen LogP contribution in [0.15, 0.2) is 85.2 Å². The van der Waals surface area contributed by atoms with E-state index in [-0.39, 0.29) is 37.0 Å². The fourth-order valence-corrected chi connectivity index (χ4v) is 6.14. The number of aromatic nitrogens is 1. The molecule has 5 rings (SSSR count). The first-order valence-corrected chi connectivity index (χ1v) is 14.4. The number of aromatic hydroxyl groups is 1. The van der Waals surface area contributed by atoms with Gasteiger partial charge in [-0.2, -0.15) is 0 Å². The van der Waals surface area contributed by atoms with Gasteiger partial charge < -0.3 is 24.4 Å². The minimum Gasteiger partial charge on any atom is -0.508 e. The van der Waals surface area contributed by atoms with Gasteiger partial charge in [-0.3, -0.25) is 14.6 Å². The van der Waals surface area contributed by atoms with E-state index in [1.807, 2.05) is 12.1 Å². The lowest BCUT2D eigenvalue weighted by Crippen LogP contribution is -2.69. The number of halogens is 2. The van der Waals surface area contributed by atoms with E-state index in [0.717, 1.165) is 16.7 Å². The predicted molar refractivity (Wildman–Crippen MR) is 165 cm³/mol. The SMILES string of the molecule is COc1ccc(CC2(Cc3ccc(OC)c(Cl)c3)C(=O)N(Cc3ccc(O)cc3)CCN2C(=O)c2cccnc2)cc1Cl. The summed E-state index contributed by atoms with van der Waals surface area (Å²) in [7, 11) is 3.08. The molecule has 0 aliphatic carbocycles. The zero-order valence-corrected chi connectivity index (χ0v) is 25.3. The summed E-state index contributed by atoms with van der Waals surface area (Å²) in [4.78, 5) is 36.6. The second-order valence-corrected chi connectivity index (χ2v) is 11.2. The average Bonchev–Trinajstić information content (AvgIpc) is 3.01. The van der Waals surface area contributed by atoms with Crippen molar-refractivity contribution in [2.45, 2.75) is 24.9 Å². The molecular formula is C33H31Cl2N3O5. The van der Waals surface area contributed by atoms with Gasteiger partial charge in [0.1, 0.15) is 22.8 Å². The summed E-state index contributed by atoms with van der Waals surface area (Å²) in [5.41, 5.74) is 1.40. The average molecular weight is 621 g/mol. The molecule has 1 fully saturated rings. The van der Waals surface area contributed by atoms with Crippen molar-refractivity contribution >= 4 is 35.0 Å². The molecule has 2 heterocycles. The van der Waals surface area contributed by atoms with Crippen LogP contribution in [-0.4, -0.2) is 64.6 Å². The van der Waals surface area contributed by atoms with E-state index >= 15 is 0 Å². The molecular weight excluding hydrogens is 589 g/mol. The highest BCUT2D eigenvalue weighted by molar-refractivity contribution is 6.32. The minimum atomic E-state index is -1.35. The lowest BCUT2D eigenvalue weighted by atomic mass is 9.79. The molecule has 1 saturated heterocycles. The molecule has 43 heavy (non-hydrogen) atoms. The third kappa shape index (κ3) is 6.40. The lowest BCUT2D eigenvalue weighted by molar-refractivity contribution is -0.149. The van der Waals surface area contributed by atoms with E-state index in [0.29, 0.717) is 40.2 Å². The number of nitrogens with zero attached hydrogens (tertiary/aromatic N) is 3. The van der Waals surface area contributed by atoms with Crippen molar-refractivity contribution in [2.75, 3.05) is 27.3 Å². The van der Waals surface area contributed by atoms with Gasteiger partial charge >= 0.3 is 0 Å². The Morgan fingerprint density at radius 1 is 0.884 bits per heavy atom. The molecule has 0 radical (unpaired) electrons. The van der Waals surface area contributed by atoms with Crippen molar-refractivity contribution in [2.24, 2.45) is 0 Å². The maximum absolute atomic E-state index is 14.8. The summed E-state index contributed by atoms with van der Waals surface area (Å²) < 4.78 is 10.7. The van der Waals surface area contributed by atoms with Crippen molar-refractivity contribution in [1.82, 2.24) is 14.8 Å². The fourth-order valence-electron chi connectivity index (χ4n) is 5.58. The molecule has 0 unspecified atom stereocenters. The number of amides is 2. The minimum absolute atomic E-state index is 0.143. The molecule has 0 atom stereocenters. The molecule has 1 N–H and O–H groups in total. The standard InChI is InChI=1S/C33H31Cl2N3O5/c1-42-29-11-7-23(16-27(29)34)18-33(19-24-8-12-30(43-2)28(35)17-24)32(41)37(21-22-5-9-26(39)10-6-22)14-15-38(33)31(40)25-4-3-13-36-20-25/h3-13,16-17,20,39H,14-15,18-19,21H2,1-2H3. The number of piperazine rings is 1. The number of carbonyl (C=O) groups excluding carboxylic acids is 2. The first kappa shape index (κ1) is 30.2. The first-order valence-electron chi connectivity index (χ1n) is 13.7. The monoisotopic (exact) mass is 619 g/mol. The normalized spacial score (nSPS) is 14.5. The molecule has 4 aromatic rings. The molecule has 1 aliphatic heterocycles. The Balaban J connectivity index is 1.64. The molecule has 8 nitrogen and oxygen atoms in total. The largest absolute Gasteiger partial charge is 0.508 e. The molecule has 0 spiro atoms. The highest BCUT2D eigenvalue weighted by atomic mass is 35.5. The van der Waals surface area contributed by atoms with E-state index in [4.69, 9.17) is 32.7 Å². The van der Waals surface area contributed by atoms with Gasteiger partial charge in [0.05, 0.1) is 29.8 Å². The zero-order chi connectivity index (χ0) is 30.6. The van der Waals surface area contributed by atoms with Crippen LogP contribution in [0.1, 0.15) is 27.0 Å². The Kier molecular flexibility index (Phi) is 9.08. The van der Waals surface area contributed by atoms with Gasteiger partial charge in [0, 0.05) is 44.9 Å². The Labute approximate surface area is 260 Å². The van der Waals surface area contributed by atoms with Crippen LogP contribution < -0.4 is 9.47 Å². The van der Waals surface area contributed by atoms with Crippen LogP contribution in [0.2, 0.25) is 10.0 Å². The summed E-state index contributed by atoms with van der Waals surface area (Å²) in [6.07, 6.45) is 3.47. The number of hydrogen-bond donors (Lipinski definition) is 1. The third-order valence-corrected chi connectivity index (χ3v) is 8.28. The second kappa shape index (κ2) is 12.9. The van der Waals surface area contributed by atoms with E-state index in [1.165, 1.54) is 20.4 Å². The Morgan fingerprint density at radius 3 is 1.98 bits per heavy atom. The summed E-state index contributed by atoms with van der Waals surface area (Å²) >= 11 is 13.1. The van der Waals surface area contributed by atoms with Gasteiger partial charge in [-0.25, -0.2) is 0 Å². The van der Waals surface area contributed by atoms with Gasteiger partial charge in [0.2, 0.25) is 5.91 Å². The number of rotatable bonds is 9. The van der Waals surface area contributed by atoms with Crippen LogP contribution >= 0.6 is 23.2 Å². The lowest BCUT2D eigenvalue weighted by Gasteiger charge is -2.50. The molecule has 1 aliphatic rings. The number of phenols is 1. The van der Waals surface area contributed by atoms with E-state index in [2.05, 4.69) is 4.98 Å². The van der Waals surface area contributed by atoms with Crippen molar-refractivity contribution in [1.29, 1.82) is 0 Å². The smallest absolute Gasteiger partial charge is 0.256 e. The van der Waals surface area contributed by atoms with Gasteiger partial charge in [-0.1, -0.05) is 47.5 Å².